The number of carbonyl (C=O) groups is 2. The van der Waals surface area contributed by atoms with Crippen LogP contribution in [0.4, 0.5) is 4.39 Å². The van der Waals surface area contributed by atoms with Gasteiger partial charge >= 0.3 is 5.97 Å². The van der Waals surface area contributed by atoms with Gasteiger partial charge in [0.25, 0.3) is 5.91 Å². The molecular weight excluding hydrogens is 351 g/mol. The Balaban J connectivity index is 1.85. The summed E-state index contributed by atoms with van der Waals surface area (Å²) >= 11 is 0. The molecule has 25 heavy (non-hydrogen) atoms. The molecule has 0 aromatic heterocycles. The summed E-state index contributed by atoms with van der Waals surface area (Å²) < 4.78 is 38.1. The maximum absolute atomic E-state index is 13.9. The van der Waals surface area contributed by atoms with Crippen molar-refractivity contribution in [3.8, 4) is 0 Å². The number of rotatable bonds is 4. The Labute approximate surface area is 144 Å². The van der Waals surface area contributed by atoms with Crippen LogP contribution in [0.2, 0.25) is 0 Å². The van der Waals surface area contributed by atoms with E-state index >= 15 is 0 Å². The first-order valence-electron chi connectivity index (χ1n) is 8.00. The second-order valence-electron chi connectivity index (χ2n) is 6.37. The van der Waals surface area contributed by atoms with Crippen LogP contribution in [0.25, 0.3) is 0 Å². The molecule has 0 bridgehead atoms. The van der Waals surface area contributed by atoms with E-state index in [9.17, 15) is 22.4 Å². The zero-order chi connectivity index (χ0) is 18.2. The van der Waals surface area contributed by atoms with Crippen LogP contribution >= 0.6 is 0 Å². The van der Waals surface area contributed by atoms with E-state index in [0.717, 1.165) is 0 Å². The number of hydrogen-bond donors (Lipinski definition) is 1. The predicted octanol–water partition coefficient (Wildman–Crippen LogP) is 0.224. The zero-order valence-corrected chi connectivity index (χ0v) is 14.3. The van der Waals surface area contributed by atoms with Crippen LogP contribution in [0.3, 0.4) is 0 Å². The molecule has 2 heterocycles. The zero-order valence-electron chi connectivity index (χ0n) is 13.5. The van der Waals surface area contributed by atoms with E-state index in [4.69, 9.17) is 5.11 Å². The maximum atomic E-state index is 13.9. The normalized spacial score (nSPS) is 25.6. The Morgan fingerprint density at radius 2 is 1.84 bits per heavy atom. The largest absolute Gasteiger partial charge is 0.481 e. The molecule has 0 unspecified atom stereocenters. The molecule has 2 aliphatic rings. The number of piperazine rings is 1. The molecule has 1 aromatic carbocycles. The number of aliphatic carboxylic acids is 1. The lowest BCUT2D eigenvalue weighted by Crippen LogP contribution is -2.60. The minimum absolute atomic E-state index is 0.0791. The van der Waals surface area contributed by atoms with Crippen molar-refractivity contribution < 1.29 is 27.5 Å². The van der Waals surface area contributed by atoms with Crippen LogP contribution in [0.5, 0.6) is 0 Å². The third-order valence-corrected chi connectivity index (χ3v) is 6.47. The van der Waals surface area contributed by atoms with Crippen LogP contribution in [0, 0.1) is 5.82 Å². The van der Waals surface area contributed by atoms with Crippen LogP contribution in [0.1, 0.15) is 16.8 Å². The fourth-order valence-electron chi connectivity index (χ4n) is 3.58. The van der Waals surface area contributed by atoms with Gasteiger partial charge in [-0.05, 0) is 12.1 Å². The van der Waals surface area contributed by atoms with E-state index in [1.54, 1.807) is 6.07 Å². The Kier molecular flexibility index (Phi) is 4.79. The van der Waals surface area contributed by atoms with Gasteiger partial charge < -0.3 is 10.0 Å². The van der Waals surface area contributed by atoms with Crippen molar-refractivity contribution in [2.24, 2.45) is 0 Å². The summed E-state index contributed by atoms with van der Waals surface area (Å²) in [5.41, 5.74) is -0.0791. The quantitative estimate of drug-likeness (QED) is 0.815. The average molecular weight is 370 g/mol. The molecular formula is C16H19FN2O5S. The molecule has 0 aliphatic carbocycles. The monoisotopic (exact) mass is 370 g/mol. The fraction of sp³-hybridized carbons (Fsp3) is 0.500. The van der Waals surface area contributed by atoms with Crippen molar-refractivity contribution >= 4 is 21.7 Å². The SMILES string of the molecule is O=C(O)CCN1CCN(C(=O)c2ccccc2F)[C@H]2CS(=O)(=O)C[C@H]21. The van der Waals surface area contributed by atoms with Gasteiger partial charge in [-0.2, -0.15) is 0 Å². The lowest BCUT2D eigenvalue weighted by molar-refractivity contribution is -0.137. The molecule has 0 saturated carbocycles. The second kappa shape index (κ2) is 6.72. The smallest absolute Gasteiger partial charge is 0.304 e. The Morgan fingerprint density at radius 3 is 2.52 bits per heavy atom. The van der Waals surface area contributed by atoms with Gasteiger partial charge in [-0.3, -0.25) is 14.5 Å². The van der Waals surface area contributed by atoms with Crippen molar-refractivity contribution in [3.63, 3.8) is 0 Å². The molecule has 1 amide bonds. The summed E-state index contributed by atoms with van der Waals surface area (Å²) in [6.07, 6.45) is -0.0927. The van der Waals surface area contributed by atoms with Gasteiger partial charge in [0.2, 0.25) is 0 Å². The summed E-state index contributed by atoms with van der Waals surface area (Å²) in [4.78, 5) is 26.8. The number of hydrogen-bond acceptors (Lipinski definition) is 5. The molecule has 9 heteroatoms. The van der Waals surface area contributed by atoms with Gasteiger partial charge in [-0.15, -0.1) is 0 Å². The Bertz CT molecular complexity index is 797. The number of amides is 1. The van der Waals surface area contributed by atoms with Gasteiger partial charge in [0.05, 0.1) is 29.5 Å². The number of fused-ring (bicyclic) bond motifs is 1. The van der Waals surface area contributed by atoms with Crippen LogP contribution in [-0.2, 0) is 14.6 Å². The lowest BCUT2D eigenvalue weighted by atomic mass is 10.0. The minimum atomic E-state index is -3.34. The first kappa shape index (κ1) is 17.8. The highest BCUT2D eigenvalue weighted by Gasteiger charge is 2.48. The highest BCUT2D eigenvalue weighted by atomic mass is 32.2. The molecule has 2 aliphatic heterocycles. The van der Waals surface area contributed by atoms with E-state index in [1.807, 2.05) is 4.90 Å². The third kappa shape index (κ3) is 3.67. The average Bonchev–Trinajstić information content (AvgIpc) is 2.87. The summed E-state index contributed by atoms with van der Waals surface area (Å²) in [5.74, 6) is -2.41. The number of carboxylic acid groups (broad SMARTS) is 1. The van der Waals surface area contributed by atoms with E-state index < -0.39 is 39.6 Å². The maximum Gasteiger partial charge on any atom is 0.304 e. The molecule has 1 N–H and O–H groups in total. The van der Waals surface area contributed by atoms with Gasteiger partial charge in [0.15, 0.2) is 9.84 Å². The summed E-state index contributed by atoms with van der Waals surface area (Å²) in [5, 5.41) is 8.86. The van der Waals surface area contributed by atoms with Gasteiger partial charge in [0, 0.05) is 25.7 Å². The Hall–Kier alpha value is -2.00. The van der Waals surface area contributed by atoms with E-state index in [-0.39, 0.29) is 36.6 Å². The molecule has 3 rings (SSSR count). The molecule has 136 valence electrons. The van der Waals surface area contributed by atoms with Crippen molar-refractivity contribution in [3.05, 3.63) is 35.6 Å². The molecule has 0 radical (unpaired) electrons. The van der Waals surface area contributed by atoms with Crippen molar-refractivity contribution in [1.29, 1.82) is 0 Å². The number of nitrogens with zero attached hydrogens (tertiary/aromatic N) is 2. The predicted molar refractivity (Wildman–Crippen MR) is 87.5 cm³/mol. The number of carbonyl (C=O) groups excluding carboxylic acids is 1. The standard InChI is InChI=1S/C16H19FN2O5S/c17-12-4-2-1-3-11(12)16(22)19-8-7-18(6-5-15(20)21)13-9-25(23,24)10-14(13)19/h1-4,13-14H,5-10H2,(H,20,21)/t13-,14+/m1/s1. The first-order chi connectivity index (χ1) is 11.8. The van der Waals surface area contributed by atoms with E-state index in [2.05, 4.69) is 0 Å². The van der Waals surface area contributed by atoms with Crippen LogP contribution < -0.4 is 0 Å². The molecule has 0 spiro atoms. The number of benzene rings is 1. The number of halogens is 1. The number of sulfone groups is 1. The highest BCUT2D eigenvalue weighted by molar-refractivity contribution is 7.91. The van der Waals surface area contributed by atoms with Gasteiger partial charge in [0.1, 0.15) is 5.82 Å². The third-order valence-electron chi connectivity index (χ3n) is 4.77. The van der Waals surface area contributed by atoms with Crippen molar-refractivity contribution in [2.45, 2.75) is 18.5 Å². The highest BCUT2D eigenvalue weighted by Crippen LogP contribution is 2.28. The van der Waals surface area contributed by atoms with Crippen molar-refractivity contribution in [1.82, 2.24) is 9.80 Å². The topological polar surface area (TPSA) is 95.0 Å². The van der Waals surface area contributed by atoms with Gasteiger partial charge in [-0.1, -0.05) is 12.1 Å². The minimum Gasteiger partial charge on any atom is -0.481 e. The summed E-state index contributed by atoms with van der Waals surface area (Å²) in [7, 11) is -3.34. The van der Waals surface area contributed by atoms with Crippen molar-refractivity contribution in [2.75, 3.05) is 31.1 Å². The molecule has 7 nitrogen and oxygen atoms in total. The fourth-order valence-corrected chi connectivity index (χ4v) is 5.60. The first-order valence-corrected chi connectivity index (χ1v) is 9.82. The molecule has 1 aromatic rings. The summed E-state index contributed by atoms with van der Waals surface area (Å²) in [6.45, 7) is 0.835. The van der Waals surface area contributed by atoms with Gasteiger partial charge in [-0.25, -0.2) is 12.8 Å². The van der Waals surface area contributed by atoms with E-state index in [0.29, 0.717) is 6.54 Å². The molecule has 2 atom stereocenters. The number of carboxylic acids is 1. The van der Waals surface area contributed by atoms with Crippen LogP contribution in [-0.4, -0.2) is 78.4 Å². The van der Waals surface area contributed by atoms with Crippen LogP contribution in [0.15, 0.2) is 24.3 Å². The lowest BCUT2D eigenvalue weighted by Gasteiger charge is -2.43. The van der Waals surface area contributed by atoms with E-state index in [1.165, 1.54) is 23.1 Å². The summed E-state index contributed by atoms with van der Waals surface area (Å²) in [6, 6.07) is 4.58. The molecule has 2 fully saturated rings. The Morgan fingerprint density at radius 1 is 1.16 bits per heavy atom. The molecule has 2 saturated heterocycles. The second-order valence-corrected chi connectivity index (χ2v) is 8.52.